The fraction of sp³-hybridized carbons (Fsp3) is 0.625. The van der Waals surface area contributed by atoms with E-state index in [-0.39, 0.29) is 19.0 Å². The number of rotatable bonds is 7. The van der Waals surface area contributed by atoms with E-state index in [4.69, 9.17) is 14.2 Å². The van der Waals surface area contributed by atoms with E-state index in [2.05, 4.69) is 16.8 Å². The number of likely N-dealkylation sites (N-methyl/N-ethyl adjacent to an activating group) is 1. The normalized spacial score (nSPS) is 17.2. The predicted molar refractivity (Wildman–Crippen MR) is 85.0 cm³/mol. The standard InChI is InChI=1S/C16H26N2O4.ClH/c1-17-7-9-18(10-8-17)11-13(19)12-22-16-14(20-2)5-4-6-15(16)21-3;/h4-6,13,19H,7-12H2,1-3H3;1H/p-1. The highest BCUT2D eigenvalue weighted by molar-refractivity contribution is 5.51. The molecule has 0 radical (unpaired) electrons. The first-order valence-corrected chi connectivity index (χ1v) is 7.56. The Morgan fingerprint density at radius 2 is 1.65 bits per heavy atom. The third-order valence-corrected chi connectivity index (χ3v) is 3.87. The van der Waals surface area contributed by atoms with Crippen LogP contribution in [0.25, 0.3) is 0 Å². The summed E-state index contributed by atoms with van der Waals surface area (Å²) in [6, 6.07) is 5.46. The largest absolute Gasteiger partial charge is 1.00 e. The van der Waals surface area contributed by atoms with Crippen molar-refractivity contribution in [3.8, 4) is 17.2 Å². The minimum absolute atomic E-state index is 0. The molecule has 23 heavy (non-hydrogen) atoms. The lowest BCUT2D eigenvalue weighted by atomic mass is 10.2. The number of methoxy groups -OCH3 is 2. The van der Waals surface area contributed by atoms with Gasteiger partial charge < -0.3 is 36.6 Å². The number of hydrogen-bond donors (Lipinski definition) is 1. The number of aliphatic hydroxyl groups is 1. The molecule has 0 aromatic heterocycles. The van der Waals surface area contributed by atoms with Gasteiger partial charge in [-0.25, -0.2) is 0 Å². The summed E-state index contributed by atoms with van der Waals surface area (Å²) in [4.78, 5) is 4.55. The summed E-state index contributed by atoms with van der Waals surface area (Å²) in [5, 5.41) is 10.2. The molecule has 0 spiro atoms. The molecule has 6 nitrogen and oxygen atoms in total. The number of benzene rings is 1. The minimum Gasteiger partial charge on any atom is -1.00 e. The predicted octanol–water partition coefficient (Wildman–Crippen LogP) is -2.31. The Bertz CT molecular complexity index is 445. The van der Waals surface area contributed by atoms with Crippen LogP contribution in [0.4, 0.5) is 0 Å². The second kappa shape index (κ2) is 9.82. The van der Waals surface area contributed by atoms with Crippen LogP contribution < -0.4 is 26.6 Å². The van der Waals surface area contributed by atoms with Gasteiger partial charge in [-0.2, -0.15) is 0 Å². The highest BCUT2D eigenvalue weighted by Gasteiger charge is 2.19. The van der Waals surface area contributed by atoms with E-state index in [9.17, 15) is 5.11 Å². The molecule has 1 N–H and O–H groups in total. The van der Waals surface area contributed by atoms with Crippen LogP contribution in [-0.4, -0.2) is 81.6 Å². The summed E-state index contributed by atoms with van der Waals surface area (Å²) < 4.78 is 16.3. The van der Waals surface area contributed by atoms with Crippen LogP contribution in [0.5, 0.6) is 17.2 Å². The average molecular weight is 346 g/mol. The van der Waals surface area contributed by atoms with Gasteiger partial charge in [0, 0.05) is 32.7 Å². The lowest BCUT2D eigenvalue weighted by Crippen LogP contribution is -3.00. The van der Waals surface area contributed by atoms with Gasteiger partial charge in [0.2, 0.25) is 5.75 Å². The number of aliphatic hydroxyl groups excluding tert-OH is 1. The number of ether oxygens (including phenoxy) is 3. The molecule has 1 aliphatic rings. The summed E-state index contributed by atoms with van der Waals surface area (Å²) >= 11 is 0. The summed E-state index contributed by atoms with van der Waals surface area (Å²) in [7, 11) is 5.29. The molecule has 0 amide bonds. The van der Waals surface area contributed by atoms with Gasteiger partial charge in [0.25, 0.3) is 0 Å². The van der Waals surface area contributed by atoms with Crippen LogP contribution in [-0.2, 0) is 0 Å². The Kier molecular flexibility index (Phi) is 8.47. The highest BCUT2D eigenvalue weighted by atomic mass is 35.5. The Labute approximate surface area is 144 Å². The van der Waals surface area contributed by atoms with Crippen molar-refractivity contribution in [3.63, 3.8) is 0 Å². The number of β-amino-alcohol motifs (C(OH)–C–C–N with tert-alkyl or cyclic N) is 1. The Balaban J connectivity index is 0.00000264. The van der Waals surface area contributed by atoms with Crippen LogP contribution in [0.2, 0.25) is 0 Å². The maximum absolute atomic E-state index is 10.2. The van der Waals surface area contributed by atoms with E-state index in [1.54, 1.807) is 14.2 Å². The molecule has 1 aromatic carbocycles. The smallest absolute Gasteiger partial charge is 0.203 e. The molecule has 1 aliphatic heterocycles. The molecule has 7 heteroatoms. The lowest BCUT2D eigenvalue weighted by Gasteiger charge is -2.33. The van der Waals surface area contributed by atoms with E-state index in [1.807, 2.05) is 18.2 Å². The molecule has 1 fully saturated rings. The van der Waals surface area contributed by atoms with Crippen molar-refractivity contribution in [3.05, 3.63) is 18.2 Å². The summed E-state index contributed by atoms with van der Waals surface area (Å²) in [6.45, 7) is 4.85. The van der Waals surface area contributed by atoms with Crippen molar-refractivity contribution >= 4 is 0 Å². The first kappa shape index (κ1) is 19.8. The number of halogens is 1. The van der Waals surface area contributed by atoms with Crippen molar-refractivity contribution < 1.29 is 31.7 Å². The van der Waals surface area contributed by atoms with Crippen LogP contribution in [0, 0.1) is 0 Å². The summed E-state index contributed by atoms with van der Waals surface area (Å²) in [5.74, 6) is 1.74. The van der Waals surface area contributed by atoms with Crippen molar-refractivity contribution in [2.75, 3.05) is 60.6 Å². The molecule has 1 saturated heterocycles. The van der Waals surface area contributed by atoms with Gasteiger partial charge in [-0.15, -0.1) is 0 Å². The summed E-state index contributed by atoms with van der Waals surface area (Å²) in [6.07, 6.45) is -0.543. The minimum atomic E-state index is -0.543. The number of piperazine rings is 1. The van der Waals surface area contributed by atoms with Crippen molar-refractivity contribution in [1.82, 2.24) is 9.80 Å². The molecule has 1 atom stereocenters. The van der Waals surface area contributed by atoms with E-state index in [0.29, 0.717) is 23.8 Å². The van der Waals surface area contributed by atoms with Gasteiger partial charge in [-0.3, -0.25) is 4.90 Å². The molecular formula is C16H26ClN2O4-. The average Bonchev–Trinajstić information content (AvgIpc) is 2.54. The molecule has 0 aliphatic carbocycles. The number of nitrogens with zero attached hydrogens (tertiary/aromatic N) is 2. The highest BCUT2D eigenvalue weighted by Crippen LogP contribution is 2.36. The second-order valence-corrected chi connectivity index (χ2v) is 5.56. The molecule has 0 saturated carbocycles. The van der Waals surface area contributed by atoms with Crippen LogP contribution in [0.3, 0.4) is 0 Å². The molecular weight excluding hydrogens is 320 g/mol. The lowest BCUT2D eigenvalue weighted by molar-refractivity contribution is -0.00000787. The molecule has 1 heterocycles. The van der Waals surface area contributed by atoms with Gasteiger partial charge in [0.15, 0.2) is 11.5 Å². The van der Waals surface area contributed by atoms with E-state index in [0.717, 1.165) is 26.2 Å². The van der Waals surface area contributed by atoms with Crippen LogP contribution in [0.1, 0.15) is 0 Å². The third kappa shape index (κ3) is 5.73. The third-order valence-electron chi connectivity index (χ3n) is 3.87. The van der Waals surface area contributed by atoms with Crippen molar-refractivity contribution in [2.24, 2.45) is 0 Å². The zero-order chi connectivity index (χ0) is 15.9. The maximum atomic E-state index is 10.2. The van der Waals surface area contributed by atoms with E-state index >= 15 is 0 Å². The number of para-hydroxylation sites is 1. The van der Waals surface area contributed by atoms with Gasteiger partial charge >= 0.3 is 0 Å². The van der Waals surface area contributed by atoms with Crippen molar-refractivity contribution in [1.29, 1.82) is 0 Å². The molecule has 132 valence electrons. The summed E-state index contributed by atoms with van der Waals surface area (Å²) in [5.41, 5.74) is 0. The molecule has 1 unspecified atom stereocenters. The van der Waals surface area contributed by atoms with Gasteiger partial charge in [-0.1, -0.05) is 6.07 Å². The first-order chi connectivity index (χ1) is 10.6. The fourth-order valence-electron chi connectivity index (χ4n) is 2.52. The van der Waals surface area contributed by atoms with E-state index in [1.165, 1.54) is 0 Å². The Hall–Kier alpha value is -1.21. The molecule has 0 bridgehead atoms. The Morgan fingerprint density at radius 1 is 1.09 bits per heavy atom. The van der Waals surface area contributed by atoms with Crippen LogP contribution in [0.15, 0.2) is 18.2 Å². The fourth-order valence-corrected chi connectivity index (χ4v) is 2.52. The SMILES string of the molecule is COc1cccc(OC)c1OCC(O)CN1CCN(C)CC1.[Cl-]. The zero-order valence-electron chi connectivity index (χ0n) is 14.0. The topological polar surface area (TPSA) is 54.4 Å². The number of hydrogen-bond acceptors (Lipinski definition) is 6. The van der Waals surface area contributed by atoms with Crippen LogP contribution >= 0.6 is 0 Å². The zero-order valence-corrected chi connectivity index (χ0v) is 14.8. The van der Waals surface area contributed by atoms with Gasteiger partial charge in [-0.05, 0) is 19.2 Å². The van der Waals surface area contributed by atoms with Gasteiger partial charge in [0.1, 0.15) is 12.7 Å². The second-order valence-electron chi connectivity index (χ2n) is 5.56. The Morgan fingerprint density at radius 3 is 2.17 bits per heavy atom. The molecule has 1 aromatic rings. The van der Waals surface area contributed by atoms with E-state index < -0.39 is 6.10 Å². The first-order valence-electron chi connectivity index (χ1n) is 7.56. The maximum Gasteiger partial charge on any atom is 0.203 e. The van der Waals surface area contributed by atoms with Gasteiger partial charge in [0.05, 0.1) is 14.2 Å². The van der Waals surface area contributed by atoms with Crippen molar-refractivity contribution in [2.45, 2.75) is 6.10 Å². The molecule has 2 rings (SSSR count). The monoisotopic (exact) mass is 345 g/mol. The quantitative estimate of drug-likeness (QED) is 0.599.